The molecule has 0 amide bonds. The highest BCUT2D eigenvalue weighted by molar-refractivity contribution is 7.78. The maximum Gasteiger partial charge on any atom is 0.247 e. The Balaban J connectivity index is 0.000000260. The zero-order valence-corrected chi connectivity index (χ0v) is 15.9. The first kappa shape index (κ1) is 21.0. The van der Waals surface area contributed by atoms with E-state index in [-0.39, 0.29) is 0 Å². The molecule has 0 aliphatic heterocycles. The van der Waals surface area contributed by atoms with Gasteiger partial charge in [-0.25, -0.2) is 0 Å². The minimum atomic E-state index is 0.309. The molecule has 26 heavy (non-hydrogen) atoms. The van der Waals surface area contributed by atoms with Gasteiger partial charge in [-0.2, -0.15) is 29.9 Å². The van der Waals surface area contributed by atoms with Crippen LogP contribution in [0, 0.1) is 0 Å². The summed E-state index contributed by atoms with van der Waals surface area (Å²) in [7, 11) is 5.91. The average Bonchev–Trinajstić information content (AvgIpc) is 2.69. The summed E-state index contributed by atoms with van der Waals surface area (Å²) in [5, 5.41) is 4.40. The molecular formula is C14H14N6O4S2. The standard InChI is InChI=1S/2C7H7N3O2S/c2*1-11-6-5(10-4-13)7(12-2)9-3-8-6/h2*3H,1-2H3. The van der Waals surface area contributed by atoms with E-state index < -0.39 is 0 Å². The van der Waals surface area contributed by atoms with Crippen LogP contribution >= 0.6 is 24.4 Å². The largest absolute Gasteiger partial charge is 0.479 e. The fourth-order valence-electron chi connectivity index (χ4n) is 1.58. The number of aromatic nitrogens is 4. The Kier molecular flexibility index (Phi) is 9.29. The monoisotopic (exact) mass is 394 g/mol. The van der Waals surface area contributed by atoms with E-state index in [1.165, 1.54) is 41.1 Å². The number of thiocarbonyl (C=S) groups is 2. The highest BCUT2D eigenvalue weighted by Gasteiger charge is 2.11. The molecule has 0 saturated carbocycles. The van der Waals surface area contributed by atoms with Gasteiger partial charge in [-0.15, -0.1) is 0 Å². The molecule has 0 aliphatic carbocycles. The maximum atomic E-state index is 4.93. The van der Waals surface area contributed by atoms with Crippen LogP contribution in [-0.4, -0.2) is 58.7 Å². The lowest BCUT2D eigenvalue weighted by Gasteiger charge is -2.04. The fraction of sp³-hybridized carbons (Fsp3) is 0.286. The van der Waals surface area contributed by atoms with Crippen LogP contribution in [-0.2, 0) is 0 Å². The van der Waals surface area contributed by atoms with Gasteiger partial charge in [-0.3, -0.25) is 0 Å². The summed E-state index contributed by atoms with van der Waals surface area (Å²) < 4.78 is 19.7. The smallest absolute Gasteiger partial charge is 0.247 e. The molecule has 12 heteroatoms. The van der Waals surface area contributed by atoms with Crippen LogP contribution in [0.1, 0.15) is 0 Å². The Morgan fingerprint density at radius 3 is 1.12 bits per heavy atom. The number of nitrogens with zero attached hydrogens (tertiary/aromatic N) is 6. The number of hydrogen-bond donors (Lipinski definition) is 0. The van der Waals surface area contributed by atoms with Gasteiger partial charge in [0.15, 0.2) is 11.4 Å². The second-order valence-electron chi connectivity index (χ2n) is 3.89. The second kappa shape index (κ2) is 11.5. The van der Waals surface area contributed by atoms with E-state index >= 15 is 0 Å². The third-order valence-corrected chi connectivity index (χ3v) is 2.78. The van der Waals surface area contributed by atoms with Crippen LogP contribution in [0.3, 0.4) is 0 Å². The maximum absolute atomic E-state index is 4.93. The van der Waals surface area contributed by atoms with Crippen molar-refractivity contribution >= 4 is 46.1 Å². The van der Waals surface area contributed by atoms with Gasteiger partial charge >= 0.3 is 0 Å². The molecule has 2 aromatic heterocycles. The van der Waals surface area contributed by atoms with E-state index in [1.54, 1.807) is 0 Å². The van der Waals surface area contributed by atoms with Crippen molar-refractivity contribution < 1.29 is 18.9 Å². The third kappa shape index (κ3) is 5.50. The van der Waals surface area contributed by atoms with Crippen LogP contribution in [0.4, 0.5) is 11.4 Å². The lowest BCUT2D eigenvalue weighted by molar-refractivity contribution is 0.374. The zero-order valence-electron chi connectivity index (χ0n) is 14.3. The van der Waals surface area contributed by atoms with Gasteiger partial charge in [-0.05, 0) is 24.4 Å². The molecule has 2 heterocycles. The predicted octanol–water partition coefficient (Wildman–Crippen LogP) is 2.46. The lowest BCUT2D eigenvalue weighted by Crippen LogP contribution is -1.93. The van der Waals surface area contributed by atoms with Crippen molar-refractivity contribution in [1.82, 2.24) is 19.9 Å². The molecule has 0 aliphatic rings. The second-order valence-corrected chi connectivity index (χ2v) is 4.25. The lowest BCUT2D eigenvalue weighted by atomic mass is 10.5. The highest BCUT2D eigenvalue weighted by atomic mass is 32.1. The van der Waals surface area contributed by atoms with Crippen molar-refractivity contribution in [3.63, 3.8) is 0 Å². The molecule has 2 aromatic rings. The molecule has 0 radical (unpaired) electrons. The molecule has 0 fully saturated rings. The zero-order chi connectivity index (χ0) is 19.4. The first-order valence-electron chi connectivity index (χ1n) is 6.68. The molecule has 0 atom stereocenters. The summed E-state index contributed by atoms with van der Waals surface area (Å²) in [6.45, 7) is 0. The van der Waals surface area contributed by atoms with Gasteiger partial charge in [0.1, 0.15) is 12.7 Å². The van der Waals surface area contributed by atoms with Crippen LogP contribution in [0.2, 0.25) is 0 Å². The molecule has 0 bridgehead atoms. The number of rotatable bonds is 6. The van der Waals surface area contributed by atoms with E-state index in [0.29, 0.717) is 34.9 Å². The number of ether oxygens (including phenoxy) is 4. The summed E-state index contributed by atoms with van der Waals surface area (Å²) in [6, 6.07) is 0. The van der Waals surface area contributed by atoms with Crippen molar-refractivity contribution in [2.24, 2.45) is 9.98 Å². The molecule has 0 aromatic carbocycles. The van der Waals surface area contributed by atoms with E-state index in [2.05, 4.69) is 64.7 Å². The van der Waals surface area contributed by atoms with Crippen molar-refractivity contribution in [3.05, 3.63) is 12.7 Å². The number of hydrogen-bond acceptors (Lipinski definition) is 12. The minimum absolute atomic E-state index is 0.309. The third-order valence-electron chi connectivity index (χ3n) is 2.60. The Bertz CT molecular complexity index is 724. The first-order valence-corrected chi connectivity index (χ1v) is 7.50. The van der Waals surface area contributed by atoms with E-state index in [9.17, 15) is 0 Å². The summed E-state index contributed by atoms with van der Waals surface area (Å²) in [5.41, 5.74) is 0.699. The predicted molar refractivity (Wildman–Crippen MR) is 99.6 cm³/mol. The first-order chi connectivity index (χ1) is 12.7. The average molecular weight is 394 g/mol. The topological polar surface area (TPSA) is 113 Å². The normalized spacial score (nSPS) is 8.77. The van der Waals surface area contributed by atoms with Gasteiger partial charge in [0.2, 0.25) is 23.5 Å². The van der Waals surface area contributed by atoms with Gasteiger partial charge in [0.05, 0.1) is 38.8 Å². The summed E-state index contributed by atoms with van der Waals surface area (Å²) in [5.74, 6) is 1.24. The van der Waals surface area contributed by atoms with E-state index in [4.69, 9.17) is 18.9 Å². The molecule has 0 unspecified atom stereocenters. The van der Waals surface area contributed by atoms with Crippen LogP contribution in [0.5, 0.6) is 23.5 Å². The molecule has 0 spiro atoms. The number of methoxy groups -OCH3 is 4. The van der Waals surface area contributed by atoms with Crippen LogP contribution < -0.4 is 18.9 Å². The summed E-state index contributed by atoms with van der Waals surface area (Å²) >= 11 is 8.93. The van der Waals surface area contributed by atoms with Crippen molar-refractivity contribution in [2.75, 3.05) is 28.4 Å². The van der Waals surface area contributed by atoms with Crippen molar-refractivity contribution in [2.45, 2.75) is 0 Å². The molecule has 0 saturated heterocycles. The molecule has 136 valence electrons. The minimum Gasteiger partial charge on any atom is -0.479 e. The van der Waals surface area contributed by atoms with Gasteiger partial charge in [-0.1, -0.05) is 0 Å². The van der Waals surface area contributed by atoms with Crippen LogP contribution in [0.15, 0.2) is 22.6 Å². The Morgan fingerprint density at radius 1 is 0.654 bits per heavy atom. The fourth-order valence-corrected chi connectivity index (χ4v) is 1.76. The Hall–Kier alpha value is -3.04. The summed E-state index contributed by atoms with van der Waals surface area (Å²) in [6.07, 6.45) is 2.64. The molecular weight excluding hydrogens is 380 g/mol. The van der Waals surface area contributed by atoms with E-state index in [1.807, 2.05) is 0 Å². The SMILES string of the molecule is COc1ncnc(OC)c1N=C=S.COc1ncnc(OC)c1N=C=S. The van der Waals surface area contributed by atoms with Crippen molar-refractivity contribution in [3.8, 4) is 23.5 Å². The molecule has 10 nitrogen and oxygen atoms in total. The van der Waals surface area contributed by atoms with Crippen molar-refractivity contribution in [1.29, 1.82) is 0 Å². The quantitative estimate of drug-likeness (QED) is 0.534. The Labute approximate surface area is 160 Å². The van der Waals surface area contributed by atoms with Gasteiger partial charge < -0.3 is 18.9 Å². The van der Waals surface area contributed by atoms with E-state index in [0.717, 1.165) is 0 Å². The molecule has 0 N–H and O–H groups in total. The Morgan fingerprint density at radius 2 is 0.923 bits per heavy atom. The molecule has 2 rings (SSSR count). The van der Waals surface area contributed by atoms with Crippen LogP contribution in [0.25, 0.3) is 0 Å². The van der Waals surface area contributed by atoms with Gasteiger partial charge in [0, 0.05) is 0 Å². The summed E-state index contributed by atoms with van der Waals surface area (Å²) in [4.78, 5) is 22.8. The number of isothiocyanates is 2. The van der Waals surface area contributed by atoms with Gasteiger partial charge in [0.25, 0.3) is 0 Å². The highest BCUT2D eigenvalue weighted by Crippen LogP contribution is 2.32. The number of aliphatic imine (C=N–C) groups is 2.